The SMILES string of the molecule is Cc1ccc(/C=C/CCNC2CC2)cc1F. The molecule has 1 saturated carbocycles. The average molecular weight is 219 g/mol. The summed E-state index contributed by atoms with van der Waals surface area (Å²) in [6.07, 6.45) is 7.74. The number of hydrogen-bond donors (Lipinski definition) is 1. The summed E-state index contributed by atoms with van der Waals surface area (Å²) < 4.78 is 13.2. The lowest BCUT2D eigenvalue weighted by atomic mass is 10.1. The first-order valence-corrected chi connectivity index (χ1v) is 5.92. The molecule has 1 aromatic rings. The average Bonchev–Trinajstić information content (AvgIpc) is 3.07. The highest BCUT2D eigenvalue weighted by atomic mass is 19.1. The molecule has 0 saturated heterocycles. The van der Waals surface area contributed by atoms with E-state index in [0.717, 1.165) is 24.6 Å². The van der Waals surface area contributed by atoms with Crippen LogP contribution < -0.4 is 5.32 Å². The maximum Gasteiger partial charge on any atom is 0.126 e. The van der Waals surface area contributed by atoms with Gasteiger partial charge in [0.05, 0.1) is 0 Å². The first-order valence-electron chi connectivity index (χ1n) is 5.92. The van der Waals surface area contributed by atoms with E-state index in [1.54, 1.807) is 13.0 Å². The highest BCUT2D eigenvalue weighted by Crippen LogP contribution is 2.18. The van der Waals surface area contributed by atoms with Gasteiger partial charge in [0.2, 0.25) is 0 Å². The van der Waals surface area contributed by atoms with Gasteiger partial charge in [0, 0.05) is 6.04 Å². The molecule has 1 N–H and O–H groups in total. The lowest BCUT2D eigenvalue weighted by molar-refractivity contribution is 0.618. The highest BCUT2D eigenvalue weighted by molar-refractivity contribution is 5.49. The van der Waals surface area contributed by atoms with Crippen LogP contribution >= 0.6 is 0 Å². The summed E-state index contributed by atoms with van der Waals surface area (Å²) in [7, 11) is 0. The van der Waals surface area contributed by atoms with Crippen LogP contribution in [0, 0.1) is 12.7 Å². The topological polar surface area (TPSA) is 12.0 Å². The molecule has 1 fully saturated rings. The zero-order chi connectivity index (χ0) is 11.4. The van der Waals surface area contributed by atoms with E-state index >= 15 is 0 Å². The number of aryl methyl sites for hydroxylation is 1. The maximum absolute atomic E-state index is 13.2. The van der Waals surface area contributed by atoms with Crippen LogP contribution in [-0.2, 0) is 0 Å². The zero-order valence-electron chi connectivity index (χ0n) is 9.67. The lowest BCUT2D eigenvalue weighted by Gasteiger charge is -1.99. The molecule has 0 bridgehead atoms. The standard InChI is InChI=1S/C14H18FN/c1-11-5-6-12(10-14(11)15)4-2-3-9-16-13-7-8-13/h2,4-6,10,13,16H,3,7-9H2,1H3/b4-2+. The predicted octanol–water partition coefficient (Wildman–Crippen LogP) is 3.29. The number of rotatable bonds is 5. The molecule has 1 aliphatic rings. The van der Waals surface area contributed by atoms with Gasteiger partial charge in [0.25, 0.3) is 0 Å². The molecule has 2 heteroatoms. The van der Waals surface area contributed by atoms with Gasteiger partial charge >= 0.3 is 0 Å². The molecule has 0 unspecified atom stereocenters. The minimum Gasteiger partial charge on any atom is -0.314 e. The number of benzene rings is 1. The van der Waals surface area contributed by atoms with E-state index in [9.17, 15) is 4.39 Å². The Morgan fingerprint density at radius 1 is 1.44 bits per heavy atom. The van der Waals surface area contributed by atoms with Gasteiger partial charge in [0.15, 0.2) is 0 Å². The summed E-state index contributed by atoms with van der Waals surface area (Å²) in [5.74, 6) is -0.127. The second-order valence-corrected chi connectivity index (χ2v) is 4.43. The van der Waals surface area contributed by atoms with E-state index in [0.29, 0.717) is 5.56 Å². The normalized spacial score (nSPS) is 15.9. The van der Waals surface area contributed by atoms with Crippen molar-refractivity contribution in [1.82, 2.24) is 5.32 Å². The van der Waals surface area contributed by atoms with Crippen molar-refractivity contribution in [3.8, 4) is 0 Å². The van der Waals surface area contributed by atoms with Crippen LogP contribution in [0.5, 0.6) is 0 Å². The van der Waals surface area contributed by atoms with Gasteiger partial charge in [0.1, 0.15) is 5.82 Å². The van der Waals surface area contributed by atoms with E-state index in [1.807, 2.05) is 18.2 Å². The van der Waals surface area contributed by atoms with Crippen LogP contribution in [0.25, 0.3) is 6.08 Å². The molecule has 1 nitrogen and oxygen atoms in total. The summed E-state index contributed by atoms with van der Waals surface area (Å²) in [5.41, 5.74) is 1.64. The summed E-state index contributed by atoms with van der Waals surface area (Å²) in [6.45, 7) is 2.80. The van der Waals surface area contributed by atoms with Crippen molar-refractivity contribution < 1.29 is 4.39 Å². The molecule has 2 rings (SSSR count). The Morgan fingerprint density at radius 3 is 2.94 bits per heavy atom. The van der Waals surface area contributed by atoms with Crippen molar-refractivity contribution in [1.29, 1.82) is 0 Å². The number of halogens is 1. The van der Waals surface area contributed by atoms with E-state index in [1.165, 1.54) is 12.8 Å². The van der Waals surface area contributed by atoms with E-state index in [4.69, 9.17) is 0 Å². The van der Waals surface area contributed by atoms with Gasteiger partial charge in [-0.1, -0.05) is 24.3 Å². The van der Waals surface area contributed by atoms with Crippen LogP contribution in [0.4, 0.5) is 4.39 Å². The van der Waals surface area contributed by atoms with Crippen molar-refractivity contribution in [3.05, 3.63) is 41.2 Å². The Hall–Kier alpha value is -1.15. The summed E-state index contributed by atoms with van der Waals surface area (Å²) in [6, 6.07) is 6.12. The summed E-state index contributed by atoms with van der Waals surface area (Å²) >= 11 is 0. The third-order valence-electron chi connectivity index (χ3n) is 2.83. The van der Waals surface area contributed by atoms with Gasteiger partial charge in [-0.15, -0.1) is 0 Å². The van der Waals surface area contributed by atoms with Crippen molar-refractivity contribution in [2.75, 3.05) is 6.54 Å². The molecule has 0 atom stereocenters. The maximum atomic E-state index is 13.2. The van der Waals surface area contributed by atoms with E-state index in [-0.39, 0.29) is 5.82 Å². The monoisotopic (exact) mass is 219 g/mol. The Labute approximate surface area is 96.4 Å². The Bertz CT molecular complexity index is 380. The minimum atomic E-state index is -0.127. The molecular formula is C14H18FN. The largest absolute Gasteiger partial charge is 0.314 e. The fourth-order valence-electron chi connectivity index (χ4n) is 1.59. The first kappa shape index (κ1) is 11.3. The van der Waals surface area contributed by atoms with Crippen LogP contribution in [0.1, 0.15) is 30.4 Å². The fraction of sp³-hybridized carbons (Fsp3) is 0.429. The second kappa shape index (κ2) is 5.26. The molecule has 0 aromatic heterocycles. The van der Waals surface area contributed by atoms with Crippen LogP contribution in [0.3, 0.4) is 0 Å². The van der Waals surface area contributed by atoms with E-state index < -0.39 is 0 Å². The molecule has 1 aromatic carbocycles. The van der Waals surface area contributed by atoms with Gasteiger partial charge in [-0.2, -0.15) is 0 Å². The zero-order valence-corrected chi connectivity index (χ0v) is 9.67. The van der Waals surface area contributed by atoms with Gasteiger partial charge in [-0.25, -0.2) is 4.39 Å². The number of hydrogen-bond acceptors (Lipinski definition) is 1. The summed E-state index contributed by atoms with van der Waals surface area (Å²) in [4.78, 5) is 0. The number of nitrogens with one attached hydrogen (secondary N) is 1. The predicted molar refractivity (Wildman–Crippen MR) is 65.8 cm³/mol. The van der Waals surface area contributed by atoms with Crippen LogP contribution in [-0.4, -0.2) is 12.6 Å². The summed E-state index contributed by atoms with van der Waals surface area (Å²) in [5, 5.41) is 3.44. The smallest absolute Gasteiger partial charge is 0.126 e. The lowest BCUT2D eigenvalue weighted by Crippen LogP contribution is -2.16. The van der Waals surface area contributed by atoms with Crippen molar-refractivity contribution >= 4 is 6.08 Å². The third kappa shape index (κ3) is 3.46. The van der Waals surface area contributed by atoms with Gasteiger partial charge < -0.3 is 5.32 Å². The molecule has 16 heavy (non-hydrogen) atoms. The molecule has 0 heterocycles. The second-order valence-electron chi connectivity index (χ2n) is 4.43. The van der Waals surface area contributed by atoms with Gasteiger partial charge in [-0.3, -0.25) is 0 Å². The van der Waals surface area contributed by atoms with Crippen molar-refractivity contribution in [3.63, 3.8) is 0 Å². The molecular weight excluding hydrogens is 201 g/mol. The molecule has 86 valence electrons. The van der Waals surface area contributed by atoms with E-state index in [2.05, 4.69) is 11.4 Å². The Kier molecular flexibility index (Phi) is 3.73. The molecule has 1 aliphatic carbocycles. The van der Waals surface area contributed by atoms with Crippen LogP contribution in [0.2, 0.25) is 0 Å². The van der Waals surface area contributed by atoms with Crippen LogP contribution in [0.15, 0.2) is 24.3 Å². The van der Waals surface area contributed by atoms with Gasteiger partial charge in [-0.05, 0) is 49.9 Å². The van der Waals surface area contributed by atoms with Crippen molar-refractivity contribution in [2.24, 2.45) is 0 Å². The van der Waals surface area contributed by atoms with Crippen molar-refractivity contribution in [2.45, 2.75) is 32.2 Å². The quantitative estimate of drug-likeness (QED) is 0.749. The highest BCUT2D eigenvalue weighted by Gasteiger charge is 2.19. The fourth-order valence-corrected chi connectivity index (χ4v) is 1.59. The molecule has 0 radical (unpaired) electrons. The molecule has 0 spiro atoms. The first-order chi connectivity index (χ1) is 7.75. The Morgan fingerprint density at radius 2 is 2.25 bits per heavy atom. The third-order valence-corrected chi connectivity index (χ3v) is 2.83. The minimum absolute atomic E-state index is 0.127. The molecule has 0 aliphatic heterocycles. The Balaban J connectivity index is 1.77. The molecule has 0 amide bonds.